The molecule has 4 rings (SSSR count). The summed E-state index contributed by atoms with van der Waals surface area (Å²) in [5, 5.41) is 14.8. The first kappa shape index (κ1) is 72.5. The second-order valence-corrected chi connectivity index (χ2v) is 22.7. The van der Waals surface area contributed by atoms with Gasteiger partial charge in [-0.15, -0.1) is 0 Å². The highest BCUT2D eigenvalue weighted by Gasteiger charge is 2.26. The van der Waals surface area contributed by atoms with Crippen LogP contribution in [-0.2, 0) is 32.9 Å². The van der Waals surface area contributed by atoms with Crippen molar-refractivity contribution in [3.05, 3.63) is 113 Å². The number of nitrogens with one attached hydrogen (secondary N) is 5. The van der Waals surface area contributed by atoms with Crippen molar-refractivity contribution < 1.29 is 47.7 Å². The summed E-state index contributed by atoms with van der Waals surface area (Å²) in [4.78, 5) is 126. The first-order valence-corrected chi connectivity index (χ1v) is 30.9. The van der Waals surface area contributed by atoms with Crippen molar-refractivity contribution in [2.75, 3.05) is 91.9 Å². The molecular formula is C63H97N11O14. The van der Waals surface area contributed by atoms with Crippen LogP contribution in [0.25, 0.3) is 0 Å². The molecule has 0 aliphatic rings. The monoisotopic (exact) mass is 1230 g/mol. The zero-order valence-electron chi connectivity index (χ0n) is 53.8. The van der Waals surface area contributed by atoms with Gasteiger partial charge in [0.15, 0.2) is 23.0 Å². The fourth-order valence-electron chi connectivity index (χ4n) is 8.95. The topological polar surface area (TPSA) is 286 Å². The molecular weight excluding hydrogens is 1130 g/mol. The number of hydrogen-bond acceptors (Lipinski definition) is 16. The van der Waals surface area contributed by atoms with Crippen molar-refractivity contribution in [3.63, 3.8) is 0 Å². The van der Waals surface area contributed by atoms with Crippen LogP contribution in [0.1, 0.15) is 161 Å². The minimum atomic E-state index is -0.701. The Labute approximate surface area is 516 Å². The molecule has 5 N–H and O–H groups in total. The van der Waals surface area contributed by atoms with E-state index < -0.39 is 63.6 Å². The van der Waals surface area contributed by atoms with E-state index in [1.54, 1.807) is 49.0 Å². The van der Waals surface area contributed by atoms with Crippen molar-refractivity contribution in [3.8, 4) is 23.0 Å². The van der Waals surface area contributed by atoms with Crippen LogP contribution < -0.4 is 67.8 Å². The number of hydrogen-bond donors (Lipinski definition) is 5. The van der Waals surface area contributed by atoms with Crippen LogP contribution in [0.5, 0.6) is 23.0 Å². The van der Waals surface area contributed by atoms with Crippen LogP contribution in [0.4, 0.5) is 4.79 Å². The number of nitrogens with zero attached hydrogens (tertiary/aromatic N) is 6. The first-order chi connectivity index (χ1) is 42.0. The summed E-state index contributed by atoms with van der Waals surface area (Å²) in [5.41, 5.74) is -2.26. The molecule has 88 heavy (non-hydrogen) atoms. The normalized spacial score (nSPS) is 11.7. The van der Waals surface area contributed by atoms with Gasteiger partial charge in [0.25, 0.3) is 45.9 Å². The second-order valence-electron chi connectivity index (χ2n) is 22.7. The van der Waals surface area contributed by atoms with Crippen molar-refractivity contribution in [1.82, 2.24) is 54.7 Å². The first-order valence-electron chi connectivity index (χ1n) is 30.9. The van der Waals surface area contributed by atoms with Crippen LogP contribution in [0, 0.1) is 0 Å². The highest BCUT2D eigenvalue weighted by molar-refractivity contribution is 5.98. The number of amides is 5. The Kier molecular flexibility index (Phi) is 31.1. The molecule has 5 amide bonds. The molecule has 0 spiro atoms. The number of unbranched alkanes of at least 4 members (excludes halogenated alkanes) is 5. The molecule has 4 aromatic rings. The second kappa shape index (κ2) is 37.7. The van der Waals surface area contributed by atoms with Crippen molar-refractivity contribution in [1.29, 1.82) is 0 Å². The summed E-state index contributed by atoms with van der Waals surface area (Å²) < 4.78 is 34.3. The average molecular weight is 1230 g/mol. The summed E-state index contributed by atoms with van der Waals surface area (Å²) >= 11 is 0. The molecule has 0 aromatic carbocycles. The number of carbonyl (C=O) groups excluding carboxylic acids is 5. The summed E-state index contributed by atoms with van der Waals surface area (Å²) in [6.45, 7) is 16.2. The van der Waals surface area contributed by atoms with E-state index in [0.29, 0.717) is 51.5 Å². The average Bonchev–Trinajstić information content (AvgIpc) is 3.51. The predicted molar refractivity (Wildman–Crippen MR) is 338 cm³/mol. The zero-order valence-corrected chi connectivity index (χ0v) is 53.8. The van der Waals surface area contributed by atoms with Crippen molar-refractivity contribution >= 4 is 29.7 Å². The Morgan fingerprint density at radius 3 is 1.11 bits per heavy atom. The smallest absolute Gasteiger partial charge is 0.407 e. The number of ether oxygens (including phenoxy) is 5. The largest absolute Gasteiger partial charge is 0.487 e. The van der Waals surface area contributed by atoms with Gasteiger partial charge in [-0.2, -0.15) is 0 Å². The van der Waals surface area contributed by atoms with Gasteiger partial charge in [-0.1, -0.05) is 53.4 Å². The lowest BCUT2D eigenvalue weighted by atomic mass is 10.1. The predicted octanol–water partition coefficient (Wildman–Crippen LogP) is 4.88. The van der Waals surface area contributed by atoms with E-state index in [4.69, 9.17) is 23.7 Å². The lowest BCUT2D eigenvalue weighted by molar-refractivity contribution is 0.0526. The van der Waals surface area contributed by atoms with Crippen LogP contribution >= 0.6 is 0 Å². The van der Waals surface area contributed by atoms with E-state index in [1.807, 2.05) is 37.5 Å². The summed E-state index contributed by atoms with van der Waals surface area (Å²) in [7, 11) is 6.30. The molecule has 488 valence electrons. The number of rotatable bonds is 40. The van der Waals surface area contributed by atoms with Gasteiger partial charge in [-0.25, -0.2) is 4.79 Å². The fourth-order valence-corrected chi connectivity index (χ4v) is 8.95. The van der Waals surface area contributed by atoms with E-state index in [1.165, 1.54) is 67.3 Å². The molecule has 1 atom stereocenters. The summed E-state index contributed by atoms with van der Waals surface area (Å²) in [6, 6.07) is 5.53. The van der Waals surface area contributed by atoms with E-state index in [2.05, 4.69) is 26.6 Å². The molecule has 0 saturated carbocycles. The third-order valence-electron chi connectivity index (χ3n) is 14.2. The summed E-state index contributed by atoms with van der Waals surface area (Å²) in [5.74, 6) is -2.39. The van der Waals surface area contributed by atoms with Gasteiger partial charge >= 0.3 is 6.09 Å². The molecule has 4 aromatic heterocycles. The molecule has 0 aliphatic carbocycles. The van der Waals surface area contributed by atoms with Gasteiger partial charge in [0.1, 0.15) is 5.60 Å². The van der Waals surface area contributed by atoms with Crippen LogP contribution in [0.3, 0.4) is 0 Å². The molecule has 4 heterocycles. The number of alkyl carbamates (subject to hydrolysis) is 1. The minimum absolute atomic E-state index is 0.0573. The molecule has 0 saturated heterocycles. The highest BCUT2D eigenvalue weighted by atomic mass is 16.6. The molecule has 1 unspecified atom stereocenters. The molecule has 0 bridgehead atoms. The number of pyridine rings is 4. The maximum absolute atomic E-state index is 14.5. The quantitative estimate of drug-likeness (QED) is 0.0371. The molecule has 25 heteroatoms. The maximum atomic E-state index is 14.5. The molecule has 25 nitrogen and oxygen atoms in total. The van der Waals surface area contributed by atoms with Gasteiger partial charge in [0.2, 0.25) is 0 Å². The standard InChI is InChI=1S/C63H97N11O14/c1-12-16-40-84-50-46(23-31-69(8)58(50)79)54(75)64-28-35-73(36-29-65-55(76)47-24-32-70(9)59(80)51(47)85-41-17-13-2)38-39-74(37-30-66-56(77)48-25-33-71(10)60(81)52(48)86-42-18-14-3)44-45(22-20-21-27-67-62(83)88-63(5,6)7)68-57(78)49-26-34-72(11)61(82)53(49)87-43-19-15-4/h23-26,31-34,45H,12-22,27-30,35-44H2,1-11H3,(H,64,75)(H,65,76)(H,66,77)(H,67,83)(H,68,78). The van der Waals surface area contributed by atoms with Crippen molar-refractivity contribution in [2.24, 2.45) is 28.2 Å². The van der Waals surface area contributed by atoms with Gasteiger partial charge in [-0.05, 0) is 90.0 Å². The SMILES string of the molecule is CCCCOc1c(C(=O)NCCN(CCNC(=O)c2ccn(C)c(=O)c2OCCCC)CCN(CCNC(=O)c2ccn(C)c(=O)c2OCCCC)CC(CCCCNC(=O)OC(C)(C)C)NC(=O)c2ccn(C)c(=O)c2OCCCC)ccn(C)c1=O. The summed E-state index contributed by atoms with van der Waals surface area (Å²) in [6.07, 6.45) is 12.8. The van der Waals surface area contributed by atoms with Crippen LogP contribution in [0.15, 0.2) is 68.2 Å². The Morgan fingerprint density at radius 2 is 0.773 bits per heavy atom. The third-order valence-corrected chi connectivity index (χ3v) is 14.2. The van der Waals surface area contributed by atoms with Gasteiger partial charge in [0, 0.05) is 124 Å². The van der Waals surface area contributed by atoms with Gasteiger partial charge in [-0.3, -0.25) is 48.2 Å². The fraction of sp³-hybridized carbons (Fsp3) is 0.603. The van der Waals surface area contributed by atoms with Gasteiger partial charge < -0.3 is 68.5 Å². The van der Waals surface area contributed by atoms with E-state index in [0.717, 1.165) is 25.7 Å². The van der Waals surface area contributed by atoms with Crippen LogP contribution in [-0.4, -0.2) is 161 Å². The van der Waals surface area contributed by atoms with E-state index in [-0.39, 0.29) is 131 Å². The Bertz CT molecular complexity index is 3060. The van der Waals surface area contributed by atoms with E-state index >= 15 is 0 Å². The van der Waals surface area contributed by atoms with Crippen LogP contribution in [0.2, 0.25) is 0 Å². The highest BCUT2D eigenvalue weighted by Crippen LogP contribution is 2.18. The maximum Gasteiger partial charge on any atom is 0.407 e. The number of carbonyl (C=O) groups is 5. The minimum Gasteiger partial charge on any atom is -0.487 e. The lowest BCUT2D eigenvalue weighted by Gasteiger charge is -2.31. The Morgan fingerprint density at radius 1 is 0.443 bits per heavy atom. The number of aryl methyl sites for hydroxylation is 4. The van der Waals surface area contributed by atoms with Crippen molar-refractivity contribution in [2.45, 2.75) is 131 Å². The molecule has 0 fully saturated rings. The number of aromatic nitrogens is 4. The molecule has 0 radical (unpaired) electrons. The Hall–Kier alpha value is -7.93. The zero-order chi connectivity index (χ0) is 64.8. The Balaban J connectivity index is 1.73. The molecule has 0 aliphatic heterocycles. The van der Waals surface area contributed by atoms with Gasteiger partial charge in [0.05, 0.1) is 48.7 Å². The lowest BCUT2D eigenvalue weighted by Crippen LogP contribution is -2.49. The van der Waals surface area contributed by atoms with E-state index in [9.17, 15) is 43.2 Å². The third kappa shape index (κ3) is 23.6.